The molecule has 1 N–H and O–H groups in total. The van der Waals surface area contributed by atoms with Gasteiger partial charge in [-0.15, -0.1) is 11.3 Å². The molecule has 0 radical (unpaired) electrons. The molecule has 1 saturated carbocycles. The van der Waals surface area contributed by atoms with Gasteiger partial charge in [-0.1, -0.05) is 12.8 Å². The highest BCUT2D eigenvalue weighted by atomic mass is 32.1. The zero-order valence-corrected chi connectivity index (χ0v) is 16.6. The Bertz CT molecular complexity index is 528. The summed E-state index contributed by atoms with van der Waals surface area (Å²) < 4.78 is 22.0. The van der Waals surface area contributed by atoms with Crippen LogP contribution in [0, 0.1) is 5.92 Å². The quantitative estimate of drug-likeness (QED) is 0.518. The molecule has 0 amide bonds. The first kappa shape index (κ1) is 20.2. The largest absolute Gasteiger partial charge is 0.384 e. The van der Waals surface area contributed by atoms with Crippen molar-refractivity contribution >= 4 is 11.3 Å². The molecule has 3 unspecified atom stereocenters. The second-order valence-electron chi connectivity index (χ2n) is 7.33. The predicted molar refractivity (Wildman–Crippen MR) is 101 cm³/mol. The van der Waals surface area contributed by atoms with Crippen LogP contribution in [0.1, 0.15) is 54.7 Å². The highest BCUT2D eigenvalue weighted by Gasteiger charge is 2.41. The summed E-state index contributed by atoms with van der Waals surface area (Å²) in [5, 5.41) is 11.4. The maximum atomic E-state index is 11.4. The predicted octanol–water partition coefficient (Wildman–Crippen LogP) is 3.83. The summed E-state index contributed by atoms with van der Waals surface area (Å²) >= 11 is 1.71. The van der Waals surface area contributed by atoms with Crippen LogP contribution in [0.15, 0.2) is 12.1 Å². The smallest absolute Gasteiger partial charge is 0.157 e. The summed E-state index contributed by atoms with van der Waals surface area (Å²) in [4.78, 5) is 2.32. The van der Waals surface area contributed by atoms with E-state index in [1.54, 1.807) is 18.4 Å². The second kappa shape index (κ2) is 10.2. The minimum atomic E-state index is -0.776. The second-order valence-corrected chi connectivity index (χ2v) is 8.50. The van der Waals surface area contributed by atoms with Gasteiger partial charge in [0, 0.05) is 35.8 Å². The van der Waals surface area contributed by atoms with Gasteiger partial charge in [0.15, 0.2) is 6.29 Å². The Balaban J connectivity index is 1.54. The van der Waals surface area contributed by atoms with Crippen LogP contribution in [-0.2, 0) is 31.0 Å². The van der Waals surface area contributed by atoms with Gasteiger partial charge in [-0.05, 0) is 44.2 Å². The van der Waals surface area contributed by atoms with E-state index in [4.69, 9.17) is 18.9 Å². The molecule has 1 aromatic heterocycles. The third-order valence-corrected chi connectivity index (χ3v) is 6.75. The Kier molecular flexibility index (Phi) is 7.91. The summed E-state index contributed by atoms with van der Waals surface area (Å²) in [5.41, 5.74) is -0.776. The topological polar surface area (TPSA) is 57.2 Å². The van der Waals surface area contributed by atoms with E-state index in [-0.39, 0.29) is 19.0 Å². The number of ether oxygens (including phenoxy) is 4. The molecule has 0 aromatic carbocycles. The molecule has 3 atom stereocenters. The molecule has 2 fully saturated rings. The van der Waals surface area contributed by atoms with Gasteiger partial charge in [0.05, 0.1) is 13.2 Å². The molecule has 2 aliphatic rings. The highest BCUT2D eigenvalue weighted by Crippen LogP contribution is 2.44. The van der Waals surface area contributed by atoms with Crippen molar-refractivity contribution in [3.8, 4) is 0 Å². The summed E-state index contributed by atoms with van der Waals surface area (Å²) in [6.45, 7) is 2.30. The number of rotatable bonds is 9. The lowest BCUT2D eigenvalue weighted by Crippen LogP contribution is -2.40. The van der Waals surface area contributed by atoms with E-state index in [1.165, 1.54) is 11.3 Å². The highest BCUT2D eigenvalue weighted by molar-refractivity contribution is 7.12. The minimum absolute atomic E-state index is 0.0342. The number of thiophene rings is 1. The Morgan fingerprint density at radius 2 is 2.12 bits per heavy atom. The summed E-state index contributed by atoms with van der Waals surface area (Å²) in [6.07, 6.45) is 8.17. The van der Waals surface area contributed by atoms with Crippen LogP contribution in [-0.4, -0.2) is 45.1 Å². The number of aliphatic hydroxyl groups is 1. The van der Waals surface area contributed by atoms with Gasteiger partial charge in [-0.3, -0.25) is 0 Å². The average molecular weight is 385 g/mol. The van der Waals surface area contributed by atoms with Crippen LogP contribution in [0.5, 0.6) is 0 Å². The van der Waals surface area contributed by atoms with E-state index in [1.807, 2.05) is 0 Å². The molecule has 3 rings (SSSR count). The van der Waals surface area contributed by atoms with Gasteiger partial charge in [0.1, 0.15) is 12.4 Å². The van der Waals surface area contributed by atoms with Gasteiger partial charge in [0.25, 0.3) is 0 Å². The summed E-state index contributed by atoms with van der Waals surface area (Å²) in [6, 6.07) is 4.22. The first-order valence-corrected chi connectivity index (χ1v) is 10.7. The zero-order valence-electron chi connectivity index (χ0n) is 15.8. The monoisotopic (exact) mass is 384 g/mol. The fourth-order valence-electron chi connectivity index (χ4n) is 3.93. The Morgan fingerprint density at radius 1 is 1.23 bits per heavy atom. The van der Waals surface area contributed by atoms with Crippen molar-refractivity contribution in [3.05, 3.63) is 21.9 Å². The zero-order chi connectivity index (χ0) is 18.2. The van der Waals surface area contributed by atoms with E-state index in [0.717, 1.165) is 56.4 Å². The van der Waals surface area contributed by atoms with Gasteiger partial charge in [0.2, 0.25) is 0 Å². The molecular formula is C20H32O5S. The van der Waals surface area contributed by atoms with E-state index in [0.29, 0.717) is 13.2 Å². The summed E-state index contributed by atoms with van der Waals surface area (Å²) in [7, 11) is 1.62. The Morgan fingerprint density at radius 3 is 2.92 bits per heavy atom. The normalized spacial score (nSPS) is 29.8. The van der Waals surface area contributed by atoms with Crippen LogP contribution < -0.4 is 0 Å². The maximum absolute atomic E-state index is 11.4. The fraction of sp³-hybridized carbons (Fsp3) is 0.800. The molecule has 0 bridgehead atoms. The first-order valence-electron chi connectivity index (χ1n) is 9.84. The van der Waals surface area contributed by atoms with Crippen molar-refractivity contribution < 1.29 is 24.1 Å². The Labute approximate surface area is 160 Å². The SMILES string of the molecule is COCOCC1CCCCC1(O)c1ccc(CCOC2CCCCO2)s1. The molecular weight excluding hydrogens is 352 g/mol. The molecule has 1 aliphatic carbocycles. The van der Waals surface area contributed by atoms with Crippen LogP contribution in [0.3, 0.4) is 0 Å². The van der Waals surface area contributed by atoms with Crippen LogP contribution in [0.4, 0.5) is 0 Å². The van der Waals surface area contributed by atoms with Crippen molar-refractivity contribution in [1.82, 2.24) is 0 Å². The molecule has 5 nitrogen and oxygen atoms in total. The molecule has 0 spiro atoms. The Hall–Kier alpha value is -0.500. The molecule has 1 aromatic rings. The number of hydrogen-bond donors (Lipinski definition) is 1. The van der Waals surface area contributed by atoms with E-state index in [2.05, 4.69) is 12.1 Å². The maximum Gasteiger partial charge on any atom is 0.157 e. The first-order chi connectivity index (χ1) is 12.7. The molecule has 2 heterocycles. The standard InChI is InChI=1S/C20H32O5S/c1-22-15-23-14-16-6-2-4-11-20(16,21)18-9-8-17(26-18)10-13-25-19-7-3-5-12-24-19/h8-9,16,19,21H,2-7,10-15H2,1H3. The van der Waals surface area contributed by atoms with Crippen molar-refractivity contribution in [2.75, 3.05) is 33.7 Å². The van der Waals surface area contributed by atoms with Crippen LogP contribution in [0.25, 0.3) is 0 Å². The minimum Gasteiger partial charge on any atom is -0.384 e. The molecule has 6 heteroatoms. The lowest BCUT2D eigenvalue weighted by Gasteiger charge is -2.39. The lowest BCUT2D eigenvalue weighted by molar-refractivity contribution is -0.161. The average Bonchev–Trinajstić information content (AvgIpc) is 3.14. The number of hydrogen-bond acceptors (Lipinski definition) is 6. The van der Waals surface area contributed by atoms with Crippen LogP contribution >= 0.6 is 11.3 Å². The summed E-state index contributed by atoms with van der Waals surface area (Å²) in [5.74, 6) is 0.129. The van der Waals surface area contributed by atoms with Gasteiger partial charge in [-0.2, -0.15) is 0 Å². The molecule has 1 saturated heterocycles. The van der Waals surface area contributed by atoms with E-state index in [9.17, 15) is 5.11 Å². The molecule has 148 valence electrons. The van der Waals surface area contributed by atoms with Gasteiger partial charge < -0.3 is 24.1 Å². The van der Waals surface area contributed by atoms with Crippen molar-refractivity contribution in [2.45, 2.75) is 63.3 Å². The van der Waals surface area contributed by atoms with Crippen molar-refractivity contribution in [2.24, 2.45) is 5.92 Å². The number of methoxy groups -OCH3 is 1. The molecule has 1 aliphatic heterocycles. The fourth-order valence-corrected chi connectivity index (χ4v) is 5.11. The third kappa shape index (κ3) is 5.27. The lowest BCUT2D eigenvalue weighted by atomic mass is 9.75. The van der Waals surface area contributed by atoms with Gasteiger partial charge >= 0.3 is 0 Å². The van der Waals surface area contributed by atoms with Crippen molar-refractivity contribution in [1.29, 1.82) is 0 Å². The van der Waals surface area contributed by atoms with E-state index >= 15 is 0 Å². The third-order valence-electron chi connectivity index (χ3n) is 5.43. The van der Waals surface area contributed by atoms with Crippen molar-refractivity contribution in [3.63, 3.8) is 0 Å². The molecule has 26 heavy (non-hydrogen) atoms. The van der Waals surface area contributed by atoms with E-state index < -0.39 is 5.60 Å². The van der Waals surface area contributed by atoms with Gasteiger partial charge in [-0.25, -0.2) is 0 Å². The van der Waals surface area contributed by atoms with Crippen LogP contribution in [0.2, 0.25) is 0 Å².